The standard InChI is InChI=1S/C11H6Br2FNOS/c12-6-1-2-7(14)8(5-6)15-11(16)9-3-4-10(13)17-9/h1-5H,(H,15,16). The van der Waals surface area contributed by atoms with E-state index in [0.29, 0.717) is 9.35 Å². The minimum Gasteiger partial charge on any atom is -0.319 e. The lowest BCUT2D eigenvalue weighted by molar-refractivity contribution is 0.103. The summed E-state index contributed by atoms with van der Waals surface area (Å²) in [5.41, 5.74) is 0.161. The molecule has 1 aromatic carbocycles. The van der Waals surface area contributed by atoms with Gasteiger partial charge in [-0.05, 0) is 46.3 Å². The number of carbonyl (C=O) groups is 1. The summed E-state index contributed by atoms with van der Waals surface area (Å²) in [5.74, 6) is -0.783. The van der Waals surface area contributed by atoms with Gasteiger partial charge in [0, 0.05) is 4.47 Å². The summed E-state index contributed by atoms with van der Waals surface area (Å²) in [5, 5.41) is 2.53. The Hall–Kier alpha value is -0.720. The first-order valence-corrected chi connectivity index (χ1v) is 6.98. The molecule has 0 aliphatic carbocycles. The average molecular weight is 379 g/mol. The number of carbonyl (C=O) groups excluding carboxylic acids is 1. The summed E-state index contributed by atoms with van der Waals surface area (Å²) in [7, 11) is 0. The number of thiophene rings is 1. The largest absolute Gasteiger partial charge is 0.319 e. The van der Waals surface area contributed by atoms with Gasteiger partial charge in [-0.15, -0.1) is 11.3 Å². The topological polar surface area (TPSA) is 29.1 Å². The Kier molecular flexibility index (Phi) is 3.96. The molecule has 17 heavy (non-hydrogen) atoms. The van der Waals surface area contributed by atoms with E-state index in [4.69, 9.17) is 0 Å². The van der Waals surface area contributed by atoms with Gasteiger partial charge >= 0.3 is 0 Å². The summed E-state index contributed by atoms with van der Waals surface area (Å²) >= 11 is 7.79. The van der Waals surface area contributed by atoms with Crippen molar-refractivity contribution < 1.29 is 9.18 Å². The van der Waals surface area contributed by atoms with Crippen LogP contribution in [-0.2, 0) is 0 Å². The lowest BCUT2D eigenvalue weighted by atomic mass is 10.3. The number of anilines is 1. The van der Waals surface area contributed by atoms with Crippen LogP contribution in [0.15, 0.2) is 38.6 Å². The van der Waals surface area contributed by atoms with Gasteiger partial charge in [0.2, 0.25) is 0 Å². The molecule has 1 amide bonds. The lowest BCUT2D eigenvalue weighted by Gasteiger charge is -2.05. The molecule has 0 spiro atoms. The molecule has 1 N–H and O–H groups in total. The third-order valence-corrected chi connectivity index (χ3v) is 4.09. The van der Waals surface area contributed by atoms with Gasteiger partial charge in [-0.1, -0.05) is 15.9 Å². The normalized spacial score (nSPS) is 10.3. The fourth-order valence-electron chi connectivity index (χ4n) is 1.21. The molecule has 2 aromatic rings. The van der Waals surface area contributed by atoms with Gasteiger partial charge in [-0.2, -0.15) is 0 Å². The van der Waals surface area contributed by atoms with Crippen LogP contribution >= 0.6 is 43.2 Å². The second-order valence-electron chi connectivity index (χ2n) is 3.18. The van der Waals surface area contributed by atoms with Gasteiger partial charge in [-0.3, -0.25) is 4.79 Å². The van der Waals surface area contributed by atoms with Crippen LogP contribution in [0.4, 0.5) is 10.1 Å². The molecular formula is C11H6Br2FNOS. The second kappa shape index (κ2) is 5.29. The second-order valence-corrected chi connectivity index (χ2v) is 6.56. The summed E-state index contributed by atoms with van der Waals surface area (Å²) in [4.78, 5) is 12.3. The first kappa shape index (κ1) is 12.7. The number of rotatable bonds is 2. The van der Waals surface area contributed by atoms with Crippen molar-refractivity contribution in [3.8, 4) is 0 Å². The highest BCUT2D eigenvalue weighted by Crippen LogP contribution is 2.24. The molecule has 0 saturated heterocycles. The quantitative estimate of drug-likeness (QED) is 0.808. The zero-order valence-corrected chi connectivity index (χ0v) is 12.3. The molecule has 0 aliphatic heterocycles. The zero-order chi connectivity index (χ0) is 12.4. The van der Waals surface area contributed by atoms with Crippen LogP contribution in [0.2, 0.25) is 0 Å². The molecule has 1 aromatic heterocycles. The highest BCUT2D eigenvalue weighted by atomic mass is 79.9. The van der Waals surface area contributed by atoms with Crippen molar-refractivity contribution in [1.29, 1.82) is 0 Å². The van der Waals surface area contributed by atoms with E-state index in [1.54, 1.807) is 18.2 Å². The number of benzene rings is 1. The summed E-state index contributed by atoms with van der Waals surface area (Å²) in [6.07, 6.45) is 0. The molecule has 1 heterocycles. The van der Waals surface area contributed by atoms with E-state index in [2.05, 4.69) is 37.2 Å². The highest BCUT2D eigenvalue weighted by molar-refractivity contribution is 9.11. The first-order valence-electron chi connectivity index (χ1n) is 4.58. The molecule has 0 aliphatic rings. The van der Waals surface area contributed by atoms with Crippen molar-refractivity contribution >= 4 is 54.8 Å². The van der Waals surface area contributed by atoms with Gasteiger partial charge in [0.05, 0.1) is 14.4 Å². The Morgan fingerprint density at radius 1 is 1.24 bits per heavy atom. The predicted octanol–water partition coefficient (Wildman–Crippen LogP) is 4.66. The van der Waals surface area contributed by atoms with E-state index in [1.165, 1.54) is 23.5 Å². The molecule has 0 unspecified atom stereocenters. The Balaban J connectivity index is 2.21. The lowest BCUT2D eigenvalue weighted by Crippen LogP contribution is -2.11. The monoisotopic (exact) mass is 377 g/mol. The fourth-order valence-corrected chi connectivity index (χ4v) is 2.86. The maximum absolute atomic E-state index is 13.4. The minimum absolute atomic E-state index is 0.161. The van der Waals surface area contributed by atoms with Crippen molar-refractivity contribution in [1.82, 2.24) is 0 Å². The maximum Gasteiger partial charge on any atom is 0.265 e. The first-order chi connectivity index (χ1) is 8.06. The van der Waals surface area contributed by atoms with Crippen LogP contribution in [0.3, 0.4) is 0 Å². The number of nitrogens with one attached hydrogen (secondary N) is 1. The molecular weight excluding hydrogens is 373 g/mol. The van der Waals surface area contributed by atoms with Crippen LogP contribution in [0.1, 0.15) is 9.67 Å². The molecule has 88 valence electrons. The SMILES string of the molecule is O=C(Nc1cc(Br)ccc1F)c1ccc(Br)s1. The van der Waals surface area contributed by atoms with Crippen LogP contribution in [0.25, 0.3) is 0 Å². The van der Waals surface area contributed by atoms with E-state index in [9.17, 15) is 9.18 Å². The van der Waals surface area contributed by atoms with Crippen molar-refractivity contribution in [3.63, 3.8) is 0 Å². The van der Waals surface area contributed by atoms with Gasteiger partial charge < -0.3 is 5.32 Å². The molecule has 0 bridgehead atoms. The van der Waals surface area contributed by atoms with E-state index in [1.807, 2.05) is 0 Å². The van der Waals surface area contributed by atoms with Crippen LogP contribution in [-0.4, -0.2) is 5.91 Å². The van der Waals surface area contributed by atoms with Crippen molar-refractivity contribution in [2.45, 2.75) is 0 Å². The van der Waals surface area contributed by atoms with E-state index in [0.717, 1.165) is 3.79 Å². The molecule has 0 radical (unpaired) electrons. The molecule has 2 rings (SSSR count). The Bertz CT molecular complexity index is 570. The van der Waals surface area contributed by atoms with Crippen LogP contribution in [0.5, 0.6) is 0 Å². The maximum atomic E-state index is 13.4. The van der Waals surface area contributed by atoms with Crippen molar-refractivity contribution in [3.05, 3.63) is 49.3 Å². The summed E-state index contributed by atoms with van der Waals surface area (Å²) in [6, 6.07) is 7.85. The molecule has 6 heteroatoms. The van der Waals surface area contributed by atoms with E-state index in [-0.39, 0.29) is 11.6 Å². The highest BCUT2D eigenvalue weighted by Gasteiger charge is 2.11. The number of amides is 1. The molecule has 2 nitrogen and oxygen atoms in total. The number of hydrogen-bond donors (Lipinski definition) is 1. The van der Waals surface area contributed by atoms with Gasteiger partial charge in [-0.25, -0.2) is 4.39 Å². The van der Waals surface area contributed by atoms with E-state index < -0.39 is 5.82 Å². The third kappa shape index (κ3) is 3.14. The fraction of sp³-hybridized carbons (Fsp3) is 0. The molecule has 0 atom stereocenters. The molecule has 0 fully saturated rings. The van der Waals surface area contributed by atoms with Crippen LogP contribution in [0, 0.1) is 5.82 Å². The van der Waals surface area contributed by atoms with E-state index >= 15 is 0 Å². The Morgan fingerprint density at radius 3 is 2.65 bits per heavy atom. The summed E-state index contributed by atoms with van der Waals surface area (Å²) in [6.45, 7) is 0. The smallest absolute Gasteiger partial charge is 0.265 e. The number of halogens is 3. The average Bonchev–Trinajstić information content (AvgIpc) is 2.70. The zero-order valence-electron chi connectivity index (χ0n) is 8.34. The third-order valence-electron chi connectivity index (χ3n) is 1.97. The summed E-state index contributed by atoms with van der Waals surface area (Å²) < 4.78 is 15.0. The Morgan fingerprint density at radius 2 is 2.00 bits per heavy atom. The van der Waals surface area contributed by atoms with Crippen molar-refractivity contribution in [2.24, 2.45) is 0 Å². The van der Waals surface area contributed by atoms with Gasteiger partial charge in [0.1, 0.15) is 5.82 Å². The molecule has 0 saturated carbocycles. The number of hydrogen-bond acceptors (Lipinski definition) is 2. The van der Waals surface area contributed by atoms with Crippen LogP contribution < -0.4 is 5.32 Å². The minimum atomic E-state index is -0.461. The van der Waals surface area contributed by atoms with Gasteiger partial charge in [0.25, 0.3) is 5.91 Å². The predicted molar refractivity (Wildman–Crippen MR) is 74.1 cm³/mol. The Labute approximate surface area is 118 Å². The van der Waals surface area contributed by atoms with Gasteiger partial charge in [0.15, 0.2) is 0 Å². The van der Waals surface area contributed by atoms with Crippen molar-refractivity contribution in [2.75, 3.05) is 5.32 Å².